The lowest BCUT2D eigenvalue weighted by Gasteiger charge is -2.11. The van der Waals surface area contributed by atoms with Gasteiger partial charge in [-0.15, -0.1) is 0 Å². The molecule has 5 nitrogen and oxygen atoms in total. The van der Waals surface area contributed by atoms with Gasteiger partial charge in [-0.25, -0.2) is 0 Å². The number of hydrogen-bond donors (Lipinski definition) is 0. The van der Waals surface area contributed by atoms with E-state index in [1.807, 2.05) is 6.92 Å². The van der Waals surface area contributed by atoms with Crippen LogP contribution in [0.4, 0.5) is 5.69 Å². The lowest BCUT2D eigenvalue weighted by Crippen LogP contribution is -1.93. The molecule has 90 valence electrons. The van der Waals surface area contributed by atoms with Gasteiger partial charge in [0.1, 0.15) is 5.75 Å². The van der Waals surface area contributed by atoms with Gasteiger partial charge in [0.05, 0.1) is 11.0 Å². The van der Waals surface area contributed by atoms with Gasteiger partial charge >= 0.3 is 0 Å². The minimum atomic E-state index is -2.78. The fraction of sp³-hybridized carbons (Fsp3) is 0.273. The molecule has 0 N–H and O–H groups in total. The second-order valence-corrected chi connectivity index (χ2v) is 6.36. The predicted molar refractivity (Wildman–Crippen MR) is 64.6 cm³/mol. The predicted octanol–water partition coefficient (Wildman–Crippen LogP) is 3.56. The number of non-ortho nitro benzene ring substituents is 1. The normalized spacial score (nSPS) is 23.2. The number of nitrogens with zero attached hydrogens (tertiary/aromatic N) is 1. The van der Waals surface area contributed by atoms with E-state index in [1.165, 1.54) is 18.2 Å². The molecule has 17 heavy (non-hydrogen) atoms. The average Bonchev–Trinajstić information content (AvgIpc) is 2.58. The Morgan fingerprint density at radius 2 is 2.24 bits per heavy atom. The standard InChI is InChI=1S/C11H12NO4P/c1-9-5-6-17(15,8-9)16-11-4-2-3-10(7-11)12(13)14/h2-4,7-8H,5-6H2,1H3. The molecule has 0 aromatic heterocycles. The molecule has 1 unspecified atom stereocenters. The van der Waals surface area contributed by atoms with Crippen molar-refractivity contribution in [2.24, 2.45) is 0 Å². The van der Waals surface area contributed by atoms with E-state index in [4.69, 9.17) is 4.52 Å². The highest BCUT2D eigenvalue weighted by molar-refractivity contribution is 7.63. The van der Waals surface area contributed by atoms with Gasteiger partial charge in [-0.2, -0.15) is 0 Å². The van der Waals surface area contributed by atoms with E-state index in [-0.39, 0.29) is 11.4 Å². The fourth-order valence-corrected chi connectivity index (χ4v) is 3.91. The van der Waals surface area contributed by atoms with Gasteiger partial charge in [0.25, 0.3) is 13.1 Å². The molecule has 0 radical (unpaired) electrons. The van der Waals surface area contributed by atoms with Crippen molar-refractivity contribution >= 4 is 13.1 Å². The monoisotopic (exact) mass is 253 g/mol. The Bertz CT molecular complexity index is 538. The number of rotatable bonds is 3. The van der Waals surface area contributed by atoms with Crippen LogP contribution in [0.5, 0.6) is 5.75 Å². The molecule has 0 fully saturated rings. The molecule has 1 aliphatic rings. The van der Waals surface area contributed by atoms with Crippen molar-refractivity contribution in [3.63, 3.8) is 0 Å². The van der Waals surface area contributed by atoms with Crippen molar-refractivity contribution in [2.45, 2.75) is 13.3 Å². The van der Waals surface area contributed by atoms with Crippen LogP contribution in [0.15, 0.2) is 35.7 Å². The molecular formula is C11H12NO4P. The minimum Gasteiger partial charge on any atom is -0.440 e. The number of benzene rings is 1. The molecule has 6 heteroatoms. The van der Waals surface area contributed by atoms with Crippen molar-refractivity contribution in [1.82, 2.24) is 0 Å². The van der Waals surface area contributed by atoms with Crippen LogP contribution in [0.2, 0.25) is 0 Å². The first-order chi connectivity index (χ1) is 7.98. The quantitative estimate of drug-likeness (QED) is 0.469. The molecule has 1 aromatic carbocycles. The fourth-order valence-electron chi connectivity index (χ4n) is 1.70. The van der Waals surface area contributed by atoms with Crippen molar-refractivity contribution in [3.8, 4) is 5.75 Å². The largest absolute Gasteiger partial charge is 0.440 e. The molecule has 1 atom stereocenters. The van der Waals surface area contributed by atoms with E-state index in [2.05, 4.69) is 0 Å². The van der Waals surface area contributed by atoms with Crippen LogP contribution in [0, 0.1) is 10.1 Å². The summed E-state index contributed by atoms with van der Waals surface area (Å²) >= 11 is 0. The van der Waals surface area contributed by atoms with Gasteiger partial charge in [0.2, 0.25) is 0 Å². The van der Waals surface area contributed by atoms with E-state index < -0.39 is 12.3 Å². The van der Waals surface area contributed by atoms with E-state index in [0.29, 0.717) is 6.16 Å². The Morgan fingerprint density at radius 3 is 2.82 bits per heavy atom. The SMILES string of the molecule is CC1=CP(=O)(Oc2cccc([N+](=O)[O-])c2)CC1. The van der Waals surface area contributed by atoms with Gasteiger partial charge in [0.15, 0.2) is 0 Å². The van der Waals surface area contributed by atoms with Gasteiger partial charge in [-0.1, -0.05) is 11.6 Å². The second kappa shape index (κ2) is 4.34. The molecule has 0 amide bonds. The molecule has 0 bridgehead atoms. The highest BCUT2D eigenvalue weighted by Gasteiger charge is 2.27. The Morgan fingerprint density at radius 1 is 1.47 bits per heavy atom. The lowest BCUT2D eigenvalue weighted by atomic mass is 10.3. The topological polar surface area (TPSA) is 69.4 Å². The van der Waals surface area contributed by atoms with E-state index in [1.54, 1.807) is 11.9 Å². The molecular weight excluding hydrogens is 241 g/mol. The van der Waals surface area contributed by atoms with Crippen LogP contribution < -0.4 is 4.52 Å². The second-order valence-electron chi connectivity index (χ2n) is 4.02. The zero-order valence-electron chi connectivity index (χ0n) is 9.33. The van der Waals surface area contributed by atoms with Gasteiger partial charge in [0, 0.05) is 18.0 Å². The molecule has 0 spiro atoms. The van der Waals surface area contributed by atoms with Crippen LogP contribution >= 0.6 is 7.37 Å². The van der Waals surface area contributed by atoms with Crippen molar-refractivity contribution in [2.75, 3.05) is 6.16 Å². The Kier molecular flexibility index (Phi) is 3.03. The van der Waals surface area contributed by atoms with Crippen LogP contribution in [-0.4, -0.2) is 11.1 Å². The van der Waals surface area contributed by atoms with Gasteiger partial charge in [-0.05, 0) is 19.4 Å². The van der Waals surface area contributed by atoms with Crippen molar-refractivity contribution in [3.05, 3.63) is 45.8 Å². The summed E-state index contributed by atoms with van der Waals surface area (Å²) in [5, 5.41) is 10.6. The van der Waals surface area contributed by atoms with Crippen molar-refractivity contribution in [1.29, 1.82) is 0 Å². The third kappa shape index (κ3) is 2.74. The summed E-state index contributed by atoms with van der Waals surface area (Å²) in [7, 11) is -2.78. The highest BCUT2D eigenvalue weighted by Crippen LogP contribution is 2.54. The zero-order chi connectivity index (χ0) is 12.5. The summed E-state index contributed by atoms with van der Waals surface area (Å²) in [5.41, 5.74) is 0.979. The maximum Gasteiger partial charge on any atom is 0.273 e. The third-order valence-electron chi connectivity index (χ3n) is 2.52. The molecule has 0 saturated heterocycles. The summed E-state index contributed by atoms with van der Waals surface area (Å²) < 4.78 is 17.6. The summed E-state index contributed by atoms with van der Waals surface area (Å²) in [4.78, 5) is 10.1. The zero-order valence-corrected chi connectivity index (χ0v) is 10.2. The molecule has 1 aromatic rings. The van der Waals surface area contributed by atoms with E-state index in [9.17, 15) is 14.7 Å². The van der Waals surface area contributed by atoms with Gasteiger partial charge in [-0.3, -0.25) is 14.7 Å². The van der Waals surface area contributed by atoms with Crippen LogP contribution in [-0.2, 0) is 4.57 Å². The van der Waals surface area contributed by atoms with Crippen LogP contribution in [0.3, 0.4) is 0 Å². The smallest absolute Gasteiger partial charge is 0.273 e. The number of hydrogen-bond acceptors (Lipinski definition) is 4. The van der Waals surface area contributed by atoms with Gasteiger partial charge < -0.3 is 4.52 Å². The van der Waals surface area contributed by atoms with Crippen molar-refractivity contribution < 1.29 is 14.0 Å². The minimum absolute atomic E-state index is 0.0611. The maximum absolute atomic E-state index is 12.2. The first-order valence-electron chi connectivity index (χ1n) is 5.20. The molecule has 1 heterocycles. The summed E-state index contributed by atoms with van der Waals surface area (Å²) in [6.45, 7) is 1.90. The Hall–Kier alpha value is -1.61. The summed E-state index contributed by atoms with van der Waals surface area (Å²) in [6, 6.07) is 5.76. The Labute approximate surface area is 98.7 Å². The van der Waals surface area contributed by atoms with Crippen LogP contribution in [0.25, 0.3) is 0 Å². The summed E-state index contributed by atoms with van der Waals surface area (Å²) in [5.74, 6) is 1.93. The number of allylic oxidation sites excluding steroid dienone is 1. The number of nitro benzene ring substituents is 1. The lowest BCUT2D eigenvalue weighted by molar-refractivity contribution is -0.384. The first kappa shape index (κ1) is 11.9. The molecule has 0 saturated carbocycles. The highest BCUT2D eigenvalue weighted by atomic mass is 31.2. The van der Waals surface area contributed by atoms with E-state index in [0.717, 1.165) is 12.0 Å². The summed E-state index contributed by atoms with van der Waals surface area (Å²) in [6.07, 6.45) is 1.23. The molecule has 0 aliphatic carbocycles. The average molecular weight is 253 g/mol. The first-order valence-corrected chi connectivity index (χ1v) is 7.08. The number of nitro groups is 1. The van der Waals surface area contributed by atoms with Crippen LogP contribution in [0.1, 0.15) is 13.3 Å². The third-order valence-corrected chi connectivity index (χ3v) is 4.72. The Balaban J connectivity index is 2.22. The molecule has 1 aliphatic heterocycles. The van der Waals surface area contributed by atoms with E-state index >= 15 is 0 Å². The maximum atomic E-state index is 12.2. The molecule has 2 rings (SSSR count).